The van der Waals surface area contributed by atoms with Crippen LogP contribution in [-0.2, 0) is 6.54 Å². The first-order chi connectivity index (χ1) is 9.95. The van der Waals surface area contributed by atoms with Gasteiger partial charge in [-0.3, -0.25) is 0 Å². The molecule has 0 aliphatic heterocycles. The maximum absolute atomic E-state index is 11.2. The number of aromatic nitrogens is 3. The summed E-state index contributed by atoms with van der Waals surface area (Å²) in [6.07, 6.45) is 5.37. The van der Waals surface area contributed by atoms with Crippen LogP contribution in [0.1, 0.15) is 42.7 Å². The van der Waals surface area contributed by atoms with Crippen molar-refractivity contribution in [2.45, 2.75) is 39.3 Å². The number of hydrogen-bond acceptors (Lipinski definition) is 4. The van der Waals surface area contributed by atoms with Crippen LogP contribution in [0.4, 0.5) is 5.82 Å². The van der Waals surface area contributed by atoms with E-state index in [2.05, 4.69) is 15.3 Å². The van der Waals surface area contributed by atoms with Gasteiger partial charge in [-0.25, -0.2) is 14.8 Å². The van der Waals surface area contributed by atoms with Gasteiger partial charge in [-0.1, -0.05) is 13.8 Å². The van der Waals surface area contributed by atoms with Gasteiger partial charge in [-0.2, -0.15) is 0 Å². The molecule has 0 fully saturated rings. The van der Waals surface area contributed by atoms with Crippen LogP contribution < -0.4 is 5.32 Å². The molecule has 2 aromatic rings. The predicted molar refractivity (Wildman–Crippen MR) is 80.6 cm³/mol. The molecule has 1 atom stereocenters. The first kappa shape index (κ1) is 15.0. The summed E-state index contributed by atoms with van der Waals surface area (Å²) in [5, 5.41) is 12.4. The van der Waals surface area contributed by atoms with E-state index in [0.717, 1.165) is 12.2 Å². The molecule has 0 saturated carbocycles. The highest BCUT2D eigenvalue weighted by atomic mass is 16.4. The fourth-order valence-electron chi connectivity index (χ4n) is 2.05. The molecule has 21 heavy (non-hydrogen) atoms. The van der Waals surface area contributed by atoms with Crippen molar-refractivity contribution in [1.29, 1.82) is 0 Å². The van der Waals surface area contributed by atoms with Gasteiger partial charge < -0.3 is 15.0 Å². The lowest BCUT2D eigenvalue weighted by Crippen LogP contribution is -2.22. The fraction of sp³-hybridized carbons (Fsp3) is 0.400. The van der Waals surface area contributed by atoms with E-state index >= 15 is 0 Å². The van der Waals surface area contributed by atoms with Crippen molar-refractivity contribution >= 4 is 11.8 Å². The number of nitrogens with one attached hydrogen (secondary N) is 1. The van der Waals surface area contributed by atoms with E-state index in [4.69, 9.17) is 0 Å². The average molecular weight is 288 g/mol. The van der Waals surface area contributed by atoms with Crippen molar-refractivity contribution in [3.63, 3.8) is 0 Å². The second-order valence-corrected chi connectivity index (χ2v) is 5.43. The number of rotatable bonds is 6. The normalized spacial score (nSPS) is 12.4. The quantitative estimate of drug-likeness (QED) is 0.854. The average Bonchev–Trinajstić information content (AvgIpc) is 2.90. The van der Waals surface area contributed by atoms with Crippen LogP contribution in [0.2, 0.25) is 0 Å². The topological polar surface area (TPSA) is 80.0 Å². The maximum Gasteiger partial charge on any atom is 0.335 e. The molecule has 2 aromatic heterocycles. The number of carboxylic acid groups (broad SMARTS) is 1. The summed E-state index contributed by atoms with van der Waals surface area (Å²) >= 11 is 0. The molecule has 0 bridgehead atoms. The highest BCUT2D eigenvalue weighted by Gasteiger charge is 2.12. The third-order valence-electron chi connectivity index (χ3n) is 3.12. The highest BCUT2D eigenvalue weighted by Crippen LogP contribution is 2.18. The Balaban J connectivity index is 2.16. The first-order valence-corrected chi connectivity index (χ1v) is 6.93. The zero-order valence-electron chi connectivity index (χ0n) is 12.4. The largest absolute Gasteiger partial charge is 0.478 e. The SMILES string of the molecule is CC(Cn1ccnc1)Nc1cc(C(=O)O)cc(C(C)C)n1. The van der Waals surface area contributed by atoms with Crippen molar-refractivity contribution in [2.75, 3.05) is 5.32 Å². The molecule has 2 N–H and O–H groups in total. The maximum atomic E-state index is 11.2. The smallest absolute Gasteiger partial charge is 0.335 e. The summed E-state index contributed by atoms with van der Waals surface area (Å²) in [6.45, 7) is 6.74. The van der Waals surface area contributed by atoms with Crippen LogP contribution in [0.15, 0.2) is 30.9 Å². The van der Waals surface area contributed by atoms with Gasteiger partial charge in [-0.05, 0) is 25.0 Å². The van der Waals surface area contributed by atoms with Crippen molar-refractivity contribution in [1.82, 2.24) is 14.5 Å². The minimum Gasteiger partial charge on any atom is -0.478 e. The van der Waals surface area contributed by atoms with Gasteiger partial charge in [-0.15, -0.1) is 0 Å². The second kappa shape index (κ2) is 6.39. The molecular weight excluding hydrogens is 268 g/mol. The number of pyridine rings is 1. The number of aromatic carboxylic acids is 1. The van der Waals surface area contributed by atoms with Crippen molar-refractivity contribution < 1.29 is 9.90 Å². The number of imidazole rings is 1. The van der Waals surface area contributed by atoms with Gasteiger partial charge in [0.15, 0.2) is 0 Å². The van der Waals surface area contributed by atoms with Crippen LogP contribution in [0.5, 0.6) is 0 Å². The Bertz CT molecular complexity index is 608. The van der Waals surface area contributed by atoms with Gasteiger partial charge in [0, 0.05) is 30.7 Å². The highest BCUT2D eigenvalue weighted by molar-refractivity contribution is 5.88. The Labute approximate surface area is 123 Å². The molecule has 0 aliphatic rings. The molecule has 0 radical (unpaired) electrons. The Morgan fingerprint density at radius 1 is 1.38 bits per heavy atom. The molecule has 0 spiro atoms. The van der Waals surface area contributed by atoms with Crippen molar-refractivity contribution in [3.8, 4) is 0 Å². The fourth-order valence-corrected chi connectivity index (χ4v) is 2.05. The van der Waals surface area contributed by atoms with Crippen LogP contribution in [0, 0.1) is 0 Å². The minimum absolute atomic E-state index is 0.107. The van der Waals surface area contributed by atoms with Gasteiger partial charge >= 0.3 is 5.97 Å². The molecule has 2 heterocycles. The van der Waals surface area contributed by atoms with Crippen LogP contribution in [0.3, 0.4) is 0 Å². The Morgan fingerprint density at radius 2 is 2.14 bits per heavy atom. The van der Waals surface area contributed by atoms with E-state index in [1.54, 1.807) is 24.7 Å². The minimum atomic E-state index is -0.940. The lowest BCUT2D eigenvalue weighted by Gasteiger charge is -2.17. The number of hydrogen-bond donors (Lipinski definition) is 2. The molecule has 0 aliphatic carbocycles. The standard InChI is InChI=1S/C15H20N4O2/c1-10(2)13-6-12(15(20)21)7-14(18-13)17-11(3)8-19-5-4-16-9-19/h4-7,9-11H,8H2,1-3H3,(H,17,18)(H,20,21). The third kappa shape index (κ3) is 4.05. The van der Waals surface area contributed by atoms with Crippen molar-refractivity contribution in [2.24, 2.45) is 0 Å². The van der Waals surface area contributed by atoms with E-state index in [1.165, 1.54) is 0 Å². The molecule has 0 amide bonds. The molecule has 0 aromatic carbocycles. The van der Waals surface area contributed by atoms with Crippen molar-refractivity contribution in [3.05, 3.63) is 42.1 Å². The number of anilines is 1. The van der Waals surface area contributed by atoms with E-state index in [-0.39, 0.29) is 17.5 Å². The molecule has 6 heteroatoms. The molecule has 2 rings (SSSR count). The summed E-state index contributed by atoms with van der Waals surface area (Å²) < 4.78 is 1.96. The first-order valence-electron chi connectivity index (χ1n) is 6.93. The zero-order chi connectivity index (χ0) is 15.4. The summed E-state index contributed by atoms with van der Waals surface area (Å²) in [4.78, 5) is 19.7. The lowest BCUT2D eigenvalue weighted by atomic mass is 10.1. The molecule has 1 unspecified atom stereocenters. The number of carbonyl (C=O) groups is 1. The summed E-state index contributed by atoms with van der Waals surface area (Å²) in [5.41, 5.74) is 1.03. The molecule has 112 valence electrons. The zero-order valence-corrected chi connectivity index (χ0v) is 12.4. The van der Waals surface area contributed by atoms with E-state index in [1.807, 2.05) is 31.5 Å². The molecule has 0 saturated heterocycles. The van der Waals surface area contributed by atoms with Gasteiger partial charge in [0.25, 0.3) is 0 Å². The summed E-state index contributed by atoms with van der Waals surface area (Å²) in [6, 6.07) is 3.30. The van der Waals surface area contributed by atoms with Crippen LogP contribution >= 0.6 is 0 Å². The predicted octanol–water partition coefficient (Wildman–Crippen LogP) is 2.60. The summed E-state index contributed by atoms with van der Waals surface area (Å²) in [7, 11) is 0. The molecule has 6 nitrogen and oxygen atoms in total. The lowest BCUT2D eigenvalue weighted by molar-refractivity contribution is 0.0696. The second-order valence-electron chi connectivity index (χ2n) is 5.43. The third-order valence-corrected chi connectivity index (χ3v) is 3.12. The van der Waals surface area contributed by atoms with Gasteiger partial charge in [0.2, 0.25) is 0 Å². The molecular formula is C15H20N4O2. The van der Waals surface area contributed by atoms with Gasteiger partial charge in [0.05, 0.1) is 11.9 Å². The number of carboxylic acids is 1. The Hall–Kier alpha value is -2.37. The van der Waals surface area contributed by atoms with E-state index in [0.29, 0.717) is 5.82 Å². The van der Waals surface area contributed by atoms with Gasteiger partial charge in [0.1, 0.15) is 5.82 Å². The Kier molecular flexibility index (Phi) is 4.57. The monoisotopic (exact) mass is 288 g/mol. The number of nitrogens with zero attached hydrogens (tertiary/aromatic N) is 3. The van der Waals surface area contributed by atoms with E-state index in [9.17, 15) is 9.90 Å². The van der Waals surface area contributed by atoms with Crippen LogP contribution in [-0.4, -0.2) is 31.7 Å². The van der Waals surface area contributed by atoms with E-state index < -0.39 is 5.97 Å². The van der Waals surface area contributed by atoms with Crippen LogP contribution in [0.25, 0.3) is 0 Å². The summed E-state index contributed by atoms with van der Waals surface area (Å²) in [5.74, 6) is -0.176. The Morgan fingerprint density at radius 3 is 2.71 bits per heavy atom.